The van der Waals surface area contributed by atoms with Gasteiger partial charge in [-0.15, -0.1) is 0 Å². The van der Waals surface area contributed by atoms with Gasteiger partial charge in [-0.05, 0) is 42.7 Å². The Morgan fingerprint density at radius 2 is 2.00 bits per heavy atom. The van der Waals surface area contributed by atoms with E-state index in [1.165, 1.54) is 0 Å². The second-order valence-corrected chi connectivity index (χ2v) is 6.12. The van der Waals surface area contributed by atoms with Gasteiger partial charge in [-0.3, -0.25) is 4.79 Å². The third-order valence-electron chi connectivity index (χ3n) is 4.28. The van der Waals surface area contributed by atoms with Gasteiger partial charge in [-0.2, -0.15) is 0 Å². The summed E-state index contributed by atoms with van der Waals surface area (Å²) in [5.74, 6) is 1.35. The van der Waals surface area contributed by atoms with Gasteiger partial charge in [-0.1, -0.05) is 12.1 Å². The van der Waals surface area contributed by atoms with Crippen LogP contribution < -0.4 is 14.8 Å². The zero-order chi connectivity index (χ0) is 18.5. The molecule has 26 heavy (non-hydrogen) atoms. The van der Waals surface area contributed by atoms with E-state index >= 15 is 0 Å². The second kappa shape index (κ2) is 7.91. The number of methoxy groups -OCH3 is 2. The maximum absolute atomic E-state index is 12.1. The van der Waals surface area contributed by atoms with Gasteiger partial charge in [0.2, 0.25) is 5.91 Å². The van der Waals surface area contributed by atoms with Crippen LogP contribution in [-0.4, -0.2) is 29.5 Å². The molecule has 0 spiro atoms. The summed E-state index contributed by atoms with van der Waals surface area (Å²) in [4.78, 5) is 16.7. The number of imidazole rings is 1. The highest BCUT2D eigenvalue weighted by Crippen LogP contribution is 2.27. The van der Waals surface area contributed by atoms with E-state index in [0.29, 0.717) is 30.9 Å². The van der Waals surface area contributed by atoms with Crippen LogP contribution in [0.5, 0.6) is 11.5 Å². The van der Waals surface area contributed by atoms with Gasteiger partial charge < -0.3 is 19.2 Å². The lowest BCUT2D eigenvalue weighted by Gasteiger charge is -2.09. The van der Waals surface area contributed by atoms with E-state index in [1.54, 1.807) is 14.2 Å². The van der Waals surface area contributed by atoms with E-state index in [9.17, 15) is 4.79 Å². The SMILES string of the molecule is COc1ccc(CCC(=O)NCc2cn3cccc(C)c3n2)cc1OC. The Morgan fingerprint density at radius 3 is 2.73 bits per heavy atom. The fourth-order valence-corrected chi connectivity index (χ4v) is 2.86. The zero-order valence-corrected chi connectivity index (χ0v) is 15.3. The lowest BCUT2D eigenvalue weighted by molar-refractivity contribution is -0.121. The molecule has 1 aromatic carbocycles. The van der Waals surface area contributed by atoms with Crippen molar-refractivity contribution < 1.29 is 14.3 Å². The van der Waals surface area contributed by atoms with E-state index in [-0.39, 0.29) is 5.91 Å². The molecule has 0 saturated carbocycles. The van der Waals surface area contributed by atoms with Crippen molar-refractivity contribution in [2.45, 2.75) is 26.3 Å². The number of hydrogen-bond donors (Lipinski definition) is 1. The molecule has 0 fully saturated rings. The molecule has 136 valence electrons. The quantitative estimate of drug-likeness (QED) is 0.709. The van der Waals surface area contributed by atoms with Crippen molar-refractivity contribution in [3.8, 4) is 11.5 Å². The number of nitrogens with one attached hydrogen (secondary N) is 1. The Bertz CT molecular complexity index is 918. The number of aromatic nitrogens is 2. The standard InChI is InChI=1S/C20H23N3O3/c1-14-5-4-10-23-13-16(22-20(14)23)12-21-19(24)9-7-15-6-8-17(25-2)18(11-15)26-3/h4-6,8,10-11,13H,7,9,12H2,1-3H3,(H,21,24). The Morgan fingerprint density at radius 1 is 1.19 bits per heavy atom. The van der Waals surface area contributed by atoms with Crippen LogP contribution in [0.1, 0.15) is 23.2 Å². The largest absolute Gasteiger partial charge is 0.493 e. The third kappa shape index (κ3) is 3.96. The number of pyridine rings is 1. The highest BCUT2D eigenvalue weighted by Gasteiger charge is 2.08. The average Bonchev–Trinajstić information content (AvgIpc) is 3.09. The van der Waals surface area contributed by atoms with Crippen LogP contribution in [-0.2, 0) is 17.8 Å². The molecule has 2 heterocycles. The Balaban J connectivity index is 1.54. The van der Waals surface area contributed by atoms with Crippen molar-refractivity contribution in [2.75, 3.05) is 14.2 Å². The van der Waals surface area contributed by atoms with Crippen LogP contribution in [0.2, 0.25) is 0 Å². The first kappa shape index (κ1) is 17.8. The van der Waals surface area contributed by atoms with Gasteiger partial charge in [0.1, 0.15) is 5.65 Å². The first-order valence-corrected chi connectivity index (χ1v) is 8.51. The third-order valence-corrected chi connectivity index (χ3v) is 4.28. The van der Waals surface area contributed by atoms with Crippen LogP contribution in [0.4, 0.5) is 0 Å². The minimum atomic E-state index is -0.00596. The molecule has 1 N–H and O–H groups in total. The number of carbonyl (C=O) groups excluding carboxylic acids is 1. The van der Waals surface area contributed by atoms with Crippen LogP contribution in [0.25, 0.3) is 5.65 Å². The first-order chi connectivity index (χ1) is 12.6. The highest BCUT2D eigenvalue weighted by atomic mass is 16.5. The topological polar surface area (TPSA) is 64.9 Å². The summed E-state index contributed by atoms with van der Waals surface area (Å²) in [5, 5.41) is 2.93. The summed E-state index contributed by atoms with van der Waals surface area (Å²) in [7, 11) is 3.21. The summed E-state index contributed by atoms with van der Waals surface area (Å²) in [5.41, 5.74) is 3.90. The Hall–Kier alpha value is -3.02. The van der Waals surface area contributed by atoms with Gasteiger partial charge in [-0.25, -0.2) is 4.98 Å². The fourth-order valence-electron chi connectivity index (χ4n) is 2.86. The van der Waals surface area contributed by atoms with E-state index in [0.717, 1.165) is 22.5 Å². The maximum atomic E-state index is 12.1. The number of fused-ring (bicyclic) bond motifs is 1. The highest BCUT2D eigenvalue weighted by molar-refractivity contribution is 5.76. The van der Waals surface area contributed by atoms with E-state index in [4.69, 9.17) is 9.47 Å². The normalized spacial score (nSPS) is 10.7. The van der Waals surface area contributed by atoms with Gasteiger partial charge in [0, 0.05) is 18.8 Å². The number of amides is 1. The van der Waals surface area contributed by atoms with Crippen LogP contribution in [0.3, 0.4) is 0 Å². The second-order valence-electron chi connectivity index (χ2n) is 6.12. The number of benzene rings is 1. The number of nitrogens with zero attached hydrogens (tertiary/aromatic N) is 2. The van der Waals surface area contributed by atoms with Crippen LogP contribution in [0, 0.1) is 6.92 Å². The Labute approximate surface area is 152 Å². The molecule has 0 saturated heterocycles. The number of rotatable bonds is 7. The predicted octanol–water partition coefficient (Wildman–Crippen LogP) is 2.91. The van der Waals surface area contributed by atoms with E-state index < -0.39 is 0 Å². The predicted molar refractivity (Wildman–Crippen MR) is 99.6 cm³/mol. The van der Waals surface area contributed by atoms with Crippen molar-refractivity contribution in [2.24, 2.45) is 0 Å². The molecule has 3 rings (SSSR count). The monoisotopic (exact) mass is 353 g/mol. The number of carbonyl (C=O) groups is 1. The molecule has 0 aliphatic heterocycles. The lowest BCUT2D eigenvalue weighted by Crippen LogP contribution is -2.23. The van der Waals surface area contributed by atoms with Gasteiger partial charge in [0.05, 0.1) is 26.5 Å². The van der Waals surface area contributed by atoms with Crippen LogP contribution >= 0.6 is 0 Å². The number of ether oxygens (including phenoxy) is 2. The maximum Gasteiger partial charge on any atom is 0.220 e. The average molecular weight is 353 g/mol. The molecule has 0 radical (unpaired) electrons. The minimum absolute atomic E-state index is 0.00596. The summed E-state index contributed by atoms with van der Waals surface area (Å²) < 4.78 is 12.5. The van der Waals surface area contributed by atoms with Crippen LogP contribution in [0.15, 0.2) is 42.7 Å². The summed E-state index contributed by atoms with van der Waals surface area (Å²) in [6, 6.07) is 9.70. The van der Waals surface area contributed by atoms with E-state index in [2.05, 4.69) is 10.3 Å². The lowest BCUT2D eigenvalue weighted by atomic mass is 10.1. The fraction of sp³-hybridized carbons (Fsp3) is 0.300. The molecule has 1 amide bonds. The van der Waals surface area contributed by atoms with Crippen molar-refractivity contribution in [1.82, 2.24) is 14.7 Å². The van der Waals surface area contributed by atoms with Gasteiger partial charge in [0.15, 0.2) is 11.5 Å². The smallest absolute Gasteiger partial charge is 0.220 e. The molecule has 6 heteroatoms. The zero-order valence-electron chi connectivity index (χ0n) is 15.3. The van der Waals surface area contributed by atoms with Crippen molar-refractivity contribution in [3.63, 3.8) is 0 Å². The first-order valence-electron chi connectivity index (χ1n) is 8.51. The minimum Gasteiger partial charge on any atom is -0.493 e. The summed E-state index contributed by atoms with van der Waals surface area (Å²) in [6.07, 6.45) is 4.94. The molecule has 2 aromatic heterocycles. The molecule has 0 bridgehead atoms. The molecule has 3 aromatic rings. The van der Waals surface area contributed by atoms with Gasteiger partial charge in [0.25, 0.3) is 0 Å². The van der Waals surface area contributed by atoms with Crippen molar-refractivity contribution in [3.05, 3.63) is 59.5 Å². The molecule has 0 atom stereocenters. The molecule has 0 aliphatic rings. The number of aryl methyl sites for hydroxylation is 2. The van der Waals surface area contributed by atoms with Gasteiger partial charge >= 0.3 is 0 Å². The molecule has 0 aliphatic carbocycles. The summed E-state index contributed by atoms with van der Waals surface area (Å²) >= 11 is 0. The number of hydrogen-bond acceptors (Lipinski definition) is 4. The van der Waals surface area contributed by atoms with Crippen molar-refractivity contribution in [1.29, 1.82) is 0 Å². The van der Waals surface area contributed by atoms with Crippen molar-refractivity contribution >= 4 is 11.6 Å². The summed E-state index contributed by atoms with van der Waals surface area (Å²) in [6.45, 7) is 2.44. The molecular formula is C20H23N3O3. The molecular weight excluding hydrogens is 330 g/mol. The van der Waals surface area contributed by atoms with E-state index in [1.807, 2.05) is 54.0 Å². The Kier molecular flexibility index (Phi) is 5.41. The molecule has 0 unspecified atom stereocenters. The molecule has 6 nitrogen and oxygen atoms in total.